The maximum absolute atomic E-state index is 12.2. The lowest BCUT2D eigenvalue weighted by molar-refractivity contribution is -0.139. The second kappa shape index (κ2) is 8.15. The minimum atomic E-state index is -1.03. The zero-order valence-electron chi connectivity index (χ0n) is 13.8. The number of benzene rings is 2. The van der Waals surface area contributed by atoms with E-state index in [2.05, 4.69) is 5.32 Å². The van der Waals surface area contributed by atoms with Gasteiger partial charge in [-0.3, -0.25) is 4.79 Å². The Kier molecular flexibility index (Phi) is 5.95. The van der Waals surface area contributed by atoms with E-state index >= 15 is 0 Å². The van der Waals surface area contributed by atoms with Gasteiger partial charge in [0.1, 0.15) is 5.75 Å². The third-order valence-corrected chi connectivity index (χ3v) is 3.69. The molecule has 2 rings (SSSR count). The van der Waals surface area contributed by atoms with Crippen LogP contribution in [0.2, 0.25) is 0 Å². The van der Waals surface area contributed by atoms with Crippen molar-refractivity contribution in [3.8, 4) is 5.75 Å². The lowest BCUT2D eigenvalue weighted by atomic mass is 9.97. The summed E-state index contributed by atoms with van der Waals surface area (Å²) in [4.78, 5) is 22.7. The Morgan fingerprint density at radius 2 is 1.88 bits per heavy atom. The van der Waals surface area contributed by atoms with E-state index in [-0.39, 0.29) is 18.4 Å². The molecular formula is C19H21NO4. The van der Waals surface area contributed by atoms with Gasteiger partial charge in [0, 0.05) is 12.1 Å². The first kappa shape index (κ1) is 17.5. The van der Waals surface area contributed by atoms with Crippen molar-refractivity contribution >= 4 is 17.6 Å². The SMILES string of the molecule is Cc1cc(OCC(=O)O)ccc1NC(=O)CC(C)c1ccccc1. The Morgan fingerprint density at radius 3 is 2.50 bits per heavy atom. The number of aliphatic carboxylic acids is 1. The van der Waals surface area contributed by atoms with Gasteiger partial charge in [-0.15, -0.1) is 0 Å². The smallest absolute Gasteiger partial charge is 0.341 e. The maximum Gasteiger partial charge on any atom is 0.341 e. The highest BCUT2D eigenvalue weighted by Gasteiger charge is 2.12. The molecule has 0 fully saturated rings. The number of hydrogen-bond acceptors (Lipinski definition) is 3. The van der Waals surface area contributed by atoms with Crippen molar-refractivity contribution in [1.29, 1.82) is 0 Å². The minimum Gasteiger partial charge on any atom is -0.482 e. The van der Waals surface area contributed by atoms with Crippen LogP contribution in [0.15, 0.2) is 48.5 Å². The van der Waals surface area contributed by atoms with Gasteiger partial charge in [-0.25, -0.2) is 4.79 Å². The predicted molar refractivity (Wildman–Crippen MR) is 92.4 cm³/mol. The van der Waals surface area contributed by atoms with Gasteiger partial charge in [0.25, 0.3) is 0 Å². The van der Waals surface area contributed by atoms with Crippen molar-refractivity contribution in [2.75, 3.05) is 11.9 Å². The molecule has 1 atom stereocenters. The van der Waals surface area contributed by atoms with Crippen LogP contribution in [0.3, 0.4) is 0 Å². The van der Waals surface area contributed by atoms with Gasteiger partial charge in [0.05, 0.1) is 0 Å². The van der Waals surface area contributed by atoms with Crippen LogP contribution in [-0.2, 0) is 9.59 Å². The summed E-state index contributed by atoms with van der Waals surface area (Å²) in [5.74, 6) is -0.496. The number of carbonyl (C=O) groups excluding carboxylic acids is 1. The van der Waals surface area contributed by atoms with Crippen molar-refractivity contribution in [1.82, 2.24) is 0 Å². The van der Waals surface area contributed by atoms with Crippen molar-refractivity contribution < 1.29 is 19.4 Å². The van der Waals surface area contributed by atoms with Crippen LogP contribution >= 0.6 is 0 Å². The van der Waals surface area contributed by atoms with E-state index in [0.717, 1.165) is 11.1 Å². The molecule has 0 bridgehead atoms. The van der Waals surface area contributed by atoms with E-state index in [1.165, 1.54) is 0 Å². The Hall–Kier alpha value is -2.82. The van der Waals surface area contributed by atoms with Crippen LogP contribution in [-0.4, -0.2) is 23.6 Å². The molecule has 0 aliphatic rings. The number of aryl methyl sites for hydroxylation is 1. The average molecular weight is 327 g/mol. The van der Waals surface area contributed by atoms with Gasteiger partial charge in [-0.2, -0.15) is 0 Å². The largest absolute Gasteiger partial charge is 0.482 e. The van der Waals surface area contributed by atoms with Crippen LogP contribution in [0.1, 0.15) is 30.4 Å². The Balaban J connectivity index is 1.95. The maximum atomic E-state index is 12.2. The summed E-state index contributed by atoms with van der Waals surface area (Å²) >= 11 is 0. The Morgan fingerprint density at radius 1 is 1.17 bits per heavy atom. The molecule has 2 aromatic rings. The Labute approximate surface area is 141 Å². The van der Waals surface area contributed by atoms with E-state index in [1.54, 1.807) is 18.2 Å². The quantitative estimate of drug-likeness (QED) is 0.815. The molecule has 0 aliphatic heterocycles. The summed E-state index contributed by atoms with van der Waals surface area (Å²) in [5.41, 5.74) is 2.64. The fourth-order valence-electron chi connectivity index (χ4n) is 2.39. The first-order valence-corrected chi connectivity index (χ1v) is 7.75. The van der Waals surface area contributed by atoms with Crippen molar-refractivity contribution in [2.24, 2.45) is 0 Å². The van der Waals surface area contributed by atoms with E-state index in [4.69, 9.17) is 9.84 Å². The second-order valence-corrected chi connectivity index (χ2v) is 5.72. The molecule has 0 aliphatic carbocycles. The molecule has 0 radical (unpaired) electrons. The van der Waals surface area contributed by atoms with Crippen LogP contribution in [0.4, 0.5) is 5.69 Å². The molecule has 1 amide bonds. The van der Waals surface area contributed by atoms with Crippen LogP contribution in [0.25, 0.3) is 0 Å². The average Bonchev–Trinajstić information content (AvgIpc) is 2.56. The second-order valence-electron chi connectivity index (χ2n) is 5.72. The molecule has 5 nitrogen and oxygen atoms in total. The molecule has 24 heavy (non-hydrogen) atoms. The number of nitrogens with one attached hydrogen (secondary N) is 1. The molecule has 126 valence electrons. The number of ether oxygens (including phenoxy) is 1. The lowest BCUT2D eigenvalue weighted by Gasteiger charge is -2.14. The lowest BCUT2D eigenvalue weighted by Crippen LogP contribution is -2.15. The standard InChI is InChI=1S/C19H21NO4/c1-13(15-6-4-3-5-7-15)11-18(21)20-17-9-8-16(10-14(17)2)24-12-19(22)23/h3-10,13H,11-12H2,1-2H3,(H,20,21)(H,22,23). The topological polar surface area (TPSA) is 75.6 Å². The molecule has 0 saturated heterocycles. The number of carboxylic acids is 1. The first-order chi connectivity index (χ1) is 11.5. The van der Waals surface area contributed by atoms with Crippen LogP contribution < -0.4 is 10.1 Å². The van der Waals surface area contributed by atoms with Gasteiger partial charge in [-0.1, -0.05) is 37.3 Å². The molecule has 5 heteroatoms. The Bertz CT molecular complexity index is 713. The molecule has 0 spiro atoms. The zero-order valence-corrected chi connectivity index (χ0v) is 13.8. The molecule has 0 saturated carbocycles. The molecule has 0 heterocycles. The number of rotatable bonds is 7. The molecule has 0 aromatic heterocycles. The van der Waals surface area contributed by atoms with Crippen molar-refractivity contribution in [3.05, 3.63) is 59.7 Å². The molecular weight excluding hydrogens is 306 g/mol. The summed E-state index contributed by atoms with van der Waals surface area (Å²) < 4.78 is 5.12. The van der Waals surface area contributed by atoms with Crippen molar-refractivity contribution in [2.45, 2.75) is 26.2 Å². The van der Waals surface area contributed by atoms with E-state index in [1.807, 2.05) is 44.2 Å². The molecule has 1 unspecified atom stereocenters. The first-order valence-electron chi connectivity index (χ1n) is 7.75. The molecule has 2 N–H and O–H groups in total. The summed E-state index contributed by atoms with van der Waals surface area (Å²) in [5, 5.41) is 11.5. The minimum absolute atomic E-state index is 0.0614. The van der Waals surface area contributed by atoms with E-state index in [9.17, 15) is 9.59 Å². The number of carboxylic acid groups (broad SMARTS) is 1. The van der Waals surface area contributed by atoms with Gasteiger partial charge in [-0.05, 0) is 42.2 Å². The number of carbonyl (C=O) groups is 2. The van der Waals surface area contributed by atoms with E-state index < -0.39 is 5.97 Å². The van der Waals surface area contributed by atoms with Gasteiger partial charge in [0.15, 0.2) is 6.61 Å². The van der Waals surface area contributed by atoms with E-state index in [0.29, 0.717) is 17.9 Å². The van der Waals surface area contributed by atoms with Crippen LogP contribution in [0, 0.1) is 6.92 Å². The normalized spacial score (nSPS) is 11.6. The summed E-state index contributed by atoms with van der Waals surface area (Å²) in [6.07, 6.45) is 0.390. The summed E-state index contributed by atoms with van der Waals surface area (Å²) in [6.45, 7) is 3.47. The summed E-state index contributed by atoms with van der Waals surface area (Å²) in [7, 11) is 0. The highest BCUT2D eigenvalue weighted by Crippen LogP contribution is 2.23. The third-order valence-electron chi connectivity index (χ3n) is 3.69. The zero-order chi connectivity index (χ0) is 17.5. The summed E-state index contributed by atoms with van der Waals surface area (Å²) in [6, 6.07) is 15.0. The fourth-order valence-corrected chi connectivity index (χ4v) is 2.39. The van der Waals surface area contributed by atoms with Gasteiger partial charge in [0.2, 0.25) is 5.91 Å². The number of amides is 1. The molecule has 2 aromatic carbocycles. The van der Waals surface area contributed by atoms with Crippen LogP contribution in [0.5, 0.6) is 5.75 Å². The highest BCUT2D eigenvalue weighted by atomic mass is 16.5. The monoisotopic (exact) mass is 327 g/mol. The fraction of sp³-hybridized carbons (Fsp3) is 0.263. The number of anilines is 1. The van der Waals surface area contributed by atoms with Gasteiger partial charge >= 0.3 is 5.97 Å². The van der Waals surface area contributed by atoms with Gasteiger partial charge < -0.3 is 15.2 Å². The predicted octanol–water partition coefficient (Wildman–Crippen LogP) is 3.59. The highest BCUT2D eigenvalue weighted by molar-refractivity contribution is 5.92. The van der Waals surface area contributed by atoms with Crippen molar-refractivity contribution in [3.63, 3.8) is 0 Å². The third kappa shape index (κ3) is 5.12. The number of hydrogen-bond donors (Lipinski definition) is 2.